The molecule has 0 aromatic carbocycles. The number of fused-ring (bicyclic) bond motifs is 1. The van der Waals surface area contributed by atoms with Crippen LogP contribution in [0.4, 0.5) is 0 Å². The van der Waals surface area contributed by atoms with Gasteiger partial charge in [-0.3, -0.25) is 0 Å². The maximum absolute atomic E-state index is 9.83. The van der Waals surface area contributed by atoms with Crippen LogP contribution in [0.3, 0.4) is 0 Å². The molecule has 0 saturated carbocycles. The second-order valence-electron chi connectivity index (χ2n) is 4.73. The van der Waals surface area contributed by atoms with Gasteiger partial charge in [-0.1, -0.05) is 13.8 Å². The molecular formula is C12H19NOS2. The van der Waals surface area contributed by atoms with Crippen molar-refractivity contribution in [1.29, 1.82) is 0 Å². The van der Waals surface area contributed by atoms with Gasteiger partial charge >= 0.3 is 0 Å². The molecule has 0 amide bonds. The van der Waals surface area contributed by atoms with Gasteiger partial charge in [-0.25, -0.2) is 4.98 Å². The molecule has 0 spiro atoms. The van der Waals surface area contributed by atoms with Crippen molar-refractivity contribution in [3.05, 3.63) is 15.6 Å². The van der Waals surface area contributed by atoms with Gasteiger partial charge in [0.05, 0.1) is 11.8 Å². The molecule has 1 atom stereocenters. The Labute approximate surface area is 105 Å². The molecule has 2 rings (SSSR count). The van der Waals surface area contributed by atoms with Gasteiger partial charge in [-0.15, -0.1) is 11.3 Å². The van der Waals surface area contributed by atoms with Gasteiger partial charge < -0.3 is 5.11 Å². The topological polar surface area (TPSA) is 33.1 Å². The second-order valence-corrected chi connectivity index (χ2v) is 6.93. The maximum atomic E-state index is 9.83. The zero-order valence-electron chi connectivity index (χ0n) is 9.90. The average Bonchev–Trinajstić information content (AvgIpc) is 2.61. The molecule has 0 saturated heterocycles. The summed E-state index contributed by atoms with van der Waals surface area (Å²) in [5.74, 6) is 2.93. The van der Waals surface area contributed by atoms with E-state index in [1.165, 1.54) is 15.6 Å². The van der Waals surface area contributed by atoms with Gasteiger partial charge in [0, 0.05) is 10.6 Å². The number of aryl methyl sites for hydroxylation is 1. The highest BCUT2D eigenvalue weighted by Crippen LogP contribution is 2.34. The van der Waals surface area contributed by atoms with Crippen LogP contribution in [0.1, 0.15) is 48.4 Å². The smallest absolute Gasteiger partial charge is 0.103 e. The zero-order valence-corrected chi connectivity index (χ0v) is 11.5. The first-order chi connectivity index (χ1) is 7.66. The predicted molar refractivity (Wildman–Crippen MR) is 71.0 cm³/mol. The third kappa shape index (κ3) is 2.99. The van der Waals surface area contributed by atoms with Crippen LogP contribution >= 0.6 is 23.1 Å². The first-order valence-electron chi connectivity index (χ1n) is 5.91. The summed E-state index contributed by atoms with van der Waals surface area (Å²) < 4.78 is 0. The van der Waals surface area contributed by atoms with Crippen molar-refractivity contribution in [3.63, 3.8) is 0 Å². The molecule has 1 N–H and O–H groups in total. The predicted octanol–water partition coefficient (Wildman–Crippen LogP) is 3.40. The molecule has 0 fully saturated rings. The number of aliphatic hydroxyl groups excluding tert-OH is 1. The number of thioether (sulfide) groups is 1. The molecule has 1 aromatic heterocycles. The quantitative estimate of drug-likeness (QED) is 0.897. The summed E-state index contributed by atoms with van der Waals surface area (Å²) in [5.41, 5.74) is 0.969. The largest absolute Gasteiger partial charge is 0.387 e. The average molecular weight is 257 g/mol. The van der Waals surface area contributed by atoms with Crippen molar-refractivity contribution in [1.82, 2.24) is 4.98 Å². The molecule has 2 nitrogen and oxygen atoms in total. The van der Waals surface area contributed by atoms with Crippen LogP contribution in [0, 0.1) is 5.92 Å². The van der Waals surface area contributed by atoms with E-state index in [1.807, 2.05) is 11.8 Å². The van der Waals surface area contributed by atoms with Gasteiger partial charge in [-0.2, -0.15) is 11.8 Å². The first-order valence-corrected chi connectivity index (χ1v) is 7.88. The van der Waals surface area contributed by atoms with Crippen molar-refractivity contribution >= 4 is 23.1 Å². The van der Waals surface area contributed by atoms with Crippen LogP contribution in [-0.2, 0) is 12.2 Å². The fraction of sp³-hybridized carbons (Fsp3) is 0.750. The Kier molecular flexibility index (Phi) is 4.27. The molecule has 0 aliphatic heterocycles. The number of nitrogens with zero attached hydrogens (tertiary/aromatic N) is 1. The van der Waals surface area contributed by atoms with E-state index in [2.05, 4.69) is 18.8 Å². The van der Waals surface area contributed by atoms with Crippen molar-refractivity contribution < 1.29 is 5.11 Å². The summed E-state index contributed by atoms with van der Waals surface area (Å²) in [5, 5.41) is 11.0. The second kappa shape index (κ2) is 5.52. The maximum Gasteiger partial charge on any atom is 0.103 e. The van der Waals surface area contributed by atoms with E-state index in [-0.39, 0.29) is 6.10 Å². The molecule has 1 unspecified atom stereocenters. The highest BCUT2D eigenvalue weighted by Gasteiger charge is 2.22. The van der Waals surface area contributed by atoms with Gasteiger partial charge in [-0.05, 0) is 30.9 Å². The molecule has 0 radical (unpaired) electrons. The van der Waals surface area contributed by atoms with Crippen LogP contribution in [0.2, 0.25) is 0 Å². The molecule has 1 heterocycles. The summed E-state index contributed by atoms with van der Waals surface area (Å²) in [4.78, 5) is 5.89. The van der Waals surface area contributed by atoms with Crippen molar-refractivity contribution in [2.45, 2.75) is 45.0 Å². The highest BCUT2D eigenvalue weighted by atomic mass is 32.2. The summed E-state index contributed by atoms with van der Waals surface area (Å²) in [6.07, 6.45) is 2.80. The monoisotopic (exact) mass is 257 g/mol. The fourth-order valence-corrected chi connectivity index (χ4v) is 4.17. The van der Waals surface area contributed by atoms with E-state index >= 15 is 0 Å². The fourth-order valence-electron chi connectivity index (χ4n) is 1.89. The lowest BCUT2D eigenvalue weighted by atomic mass is 10.0. The third-order valence-electron chi connectivity index (χ3n) is 2.65. The van der Waals surface area contributed by atoms with Crippen LogP contribution in [0.25, 0.3) is 0 Å². The lowest BCUT2D eigenvalue weighted by Gasteiger charge is -2.14. The Morgan fingerprint density at radius 3 is 3.06 bits per heavy atom. The number of hydrogen-bond acceptors (Lipinski definition) is 4. The van der Waals surface area contributed by atoms with E-state index in [1.54, 1.807) is 11.3 Å². The Hall–Kier alpha value is -0.0600. The van der Waals surface area contributed by atoms with Gasteiger partial charge in [0.15, 0.2) is 0 Å². The number of hydrogen-bond donors (Lipinski definition) is 1. The Morgan fingerprint density at radius 1 is 1.56 bits per heavy atom. The number of aliphatic hydroxyl groups is 1. The summed E-state index contributed by atoms with van der Waals surface area (Å²) >= 11 is 3.74. The van der Waals surface area contributed by atoms with E-state index in [9.17, 15) is 5.11 Å². The lowest BCUT2D eigenvalue weighted by Crippen LogP contribution is -2.07. The van der Waals surface area contributed by atoms with Gasteiger partial charge in [0.1, 0.15) is 5.01 Å². The summed E-state index contributed by atoms with van der Waals surface area (Å²) in [6.45, 7) is 4.48. The zero-order chi connectivity index (χ0) is 11.5. The third-order valence-corrected chi connectivity index (χ3v) is 5.34. The molecule has 1 aliphatic carbocycles. The molecule has 1 aromatic rings. The normalized spacial score (nSPS) is 20.1. The number of thiazole rings is 1. The van der Waals surface area contributed by atoms with Gasteiger partial charge in [0.2, 0.25) is 0 Å². The van der Waals surface area contributed by atoms with Crippen LogP contribution in [0.5, 0.6) is 0 Å². The summed E-state index contributed by atoms with van der Waals surface area (Å²) in [6, 6.07) is 0. The van der Waals surface area contributed by atoms with Crippen molar-refractivity contribution in [2.24, 2.45) is 5.92 Å². The minimum absolute atomic E-state index is 0.302. The Morgan fingerprint density at radius 2 is 2.38 bits per heavy atom. The van der Waals surface area contributed by atoms with Gasteiger partial charge in [0.25, 0.3) is 0 Å². The van der Waals surface area contributed by atoms with Crippen LogP contribution in [0.15, 0.2) is 0 Å². The van der Waals surface area contributed by atoms with E-state index < -0.39 is 0 Å². The Balaban J connectivity index is 1.96. The van der Waals surface area contributed by atoms with E-state index in [0.717, 1.165) is 36.6 Å². The molecule has 90 valence electrons. The van der Waals surface area contributed by atoms with Crippen molar-refractivity contribution in [2.75, 3.05) is 5.75 Å². The Bertz CT molecular complexity index is 349. The lowest BCUT2D eigenvalue weighted by molar-refractivity contribution is 0.153. The standard InChI is InChI=1S/C12H19NOS2/c1-8(2)6-15-7-11-13-12-9(14)4-3-5-10(12)16-11/h8-9,14H,3-7H2,1-2H3. The van der Waals surface area contributed by atoms with E-state index in [4.69, 9.17) is 0 Å². The SMILES string of the molecule is CC(C)CSCc1nc2c(s1)CCCC2O. The van der Waals surface area contributed by atoms with Crippen LogP contribution in [-0.4, -0.2) is 15.8 Å². The first kappa shape index (κ1) is 12.4. The molecule has 0 bridgehead atoms. The minimum atomic E-state index is -0.302. The molecular weight excluding hydrogens is 238 g/mol. The number of rotatable bonds is 4. The molecule has 1 aliphatic rings. The minimum Gasteiger partial charge on any atom is -0.387 e. The number of aromatic nitrogens is 1. The van der Waals surface area contributed by atoms with E-state index in [0.29, 0.717) is 0 Å². The summed E-state index contributed by atoms with van der Waals surface area (Å²) in [7, 11) is 0. The van der Waals surface area contributed by atoms with Crippen LogP contribution < -0.4 is 0 Å². The molecule has 4 heteroatoms. The van der Waals surface area contributed by atoms with Crippen molar-refractivity contribution in [3.8, 4) is 0 Å². The highest BCUT2D eigenvalue weighted by molar-refractivity contribution is 7.98. The molecule has 16 heavy (non-hydrogen) atoms.